The zero-order valence-corrected chi connectivity index (χ0v) is 15.9. The van der Waals surface area contributed by atoms with E-state index in [2.05, 4.69) is 20.6 Å². The second-order valence-electron chi connectivity index (χ2n) is 6.91. The van der Waals surface area contributed by atoms with Crippen LogP contribution >= 0.6 is 0 Å². The molecule has 0 spiro atoms. The van der Waals surface area contributed by atoms with Gasteiger partial charge in [-0.2, -0.15) is 4.98 Å². The minimum absolute atomic E-state index is 0.0336. The first-order valence-electron chi connectivity index (χ1n) is 9.20. The molecule has 1 aliphatic heterocycles. The standard InChI is InChI=1S/C18H25N5O4/c1-11-15(12(2)26-21-11)4-5-17(24)23-8-6-14(7-9-23)18(25)19-10-16-20-13(3)22-27-16/h14H,4-10H2,1-3H3,(H,19,25). The van der Waals surface area contributed by atoms with Crippen molar-refractivity contribution in [3.8, 4) is 0 Å². The first-order valence-corrected chi connectivity index (χ1v) is 9.20. The van der Waals surface area contributed by atoms with Crippen molar-refractivity contribution >= 4 is 11.8 Å². The molecule has 9 heteroatoms. The lowest BCUT2D eigenvalue weighted by Crippen LogP contribution is -2.43. The molecular formula is C18H25N5O4. The largest absolute Gasteiger partial charge is 0.361 e. The number of aryl methyl sites for hydroxylation is 3. The summed E-state index contributed by atoms with van der Waals surface area (Å²) in [5.41, 5.74) is 1.85. The van der Waals surface area contributed by atoms with E-state index in [1.807, 2.05) is 18.7 Å². The Bertz CT molecular complexity index is 785. The molecule has 146 valence electrons. The van der Waals surface area contributed by atoms with Crippen molar-refractivity contribution < 1.29 is 18.6 Å². The van der Waals surface area contributed by atoms with Crippen molar-refractivity contribution in [2.45, 2.75) is 53.0 Å². The van der Waals surface area contributed by atoms with Crippen molar-refractivity contribution in [1.82, 2.24) is 25.5 Å². The van der Waals surface area contributed by atoms with Crippen molar-refractivity contribution in [1.29, 1.82) is 0 Å². The van der Waals surface area contributed by atoms with Crippen LogP contribution in [0.2, 0.25) is 0 Å². The van der Waals surface area contributed by atoms with E-state index in [0.717, 1.165) is 17.0 Å². The van der Waals surface area contributed by atoms with Crippen LogP contribution in [0.25, 0.3) is 0 Å². The third kappa shape index (κ3) is 4.72. The summed E-state index contributed by atoms with van der Waals surface area (Å²) in [7, 11) is 0. The number of nitrogens with one attached hydrogen (secondary N) is 1. The van der Waals surface area contributed by atoms with Gasteiger partial charge in [-0.05, 0) is 40.0 Å². The van der Waals surface area contributed by atoms with Gasteiger partial charge in [-0.25, -0.2) is 0 Å². The number of piperidine rings is 1. The lowest BCUT2D eigenvalue weighted by molar-refractivity contribution is -0.135. The van der Waals surface area contributed by atoms with Gasteiger partial charge in [-0.1, -0.05) is 10.3 Å². The lowest BCUT2D eigenvalue weighted by atomic mass is 9.95. The Morgan fingerprint density at radius 3 is 2.48 bits per heavy atom. The molecule has 0 saturated carbocycles. The molecule has 1 fully saturated rings. The maximum absolute atomic E-state index is 12.5. The third-order valence-corrected chi connectivity index (χ3v) is 4.97. The molecule has 0 aliphatic carbocycles. The molecule has 3 heterocycles. The molecule has 0 atom stereocenters. The SMILES string of the molecule is Cc1noc(CNC(=O)C2CCN(C(=O)CCc3c(C)noc3C)CC2)n1. The number of rotatable bonds is 6. The number of nitrogens with zero attached hydrogens (tertiary/aromatic N) is 4. The van der Waals surface area contributed by atoms with Gasteiger partial charge in [0.05, 0.1) is 12.2 Å². The summed E-state index contributed by atoms with van der Waals surface area (Å²) < 4.78 is 10.1. The molecule has 0 bridgehead atoms. The Hall–Kier alpha value is -2.71. The lowest BCUT2D eigenvalue weighted by Gasteiger charge is -2.31. The number of carbonyl (C=O) groups is 2. The van der Waals surface area contributed by atoms with Crippen LogP contribution in [0.5, 0.6) is 0 Å². The van der Waals surface area contributed by atoms with Gasteiger partial charge < -0.3 is 19.3 Å². The number of carbonyl (C=O) groups excluding carboxylic acids is 2. The molecular weight excluding hydrogens is 350 g/mol. The summed E-state index contributed by atoms with van der Waals surface area (Å²) in [5.74, 6) is 1.69. The molecule has 9 nitrogen and oxygen atoms in total. The van der Waals surface area contributed by atoms with Crippen LogP contribution in [0.4, 0.5) is 0 Å². The minimum Gasteiger partial charge on any atom is -0.361 e. The summed E-state index contributed by atoms with van der Waals surface area (Å²) in [6.45, 7) is 6.90. The average molecular weight is 375 g/mol. The van der Waals surface area contributed by atoms with E-state index in [-0.39, 0.29) is 24.3 Å². The zero-order chi connectivity index (χ0) is 19.4. The summed E-state index contributed by atoms with van der Waals surface area (Å²) in [5, 5.41) is 10.4. The Labute approximate surface area is 157 Å². The monoisotopic (exact) mass is 375 g/mol. The maximum atomic E-state index is 12.5. The van der Waals surface area contributed by atoms with E-state index >= 15 is 0 Å². The van der Waals surface area contributed by atoms with Crippen LogP contribution in [0, 0.1) is 26.7 Å². The highest BCUT2D eigenvalue weighted by atomic mass is 16.5. The van der Waals surface area contributed by atoms with Crippen LogP contribution in [-0.4, -0.2) is 45.1 Å². The summed E-state index contributed by atoms with van der Waals surface area (Å²) in [6, 6.07) is 0. The van der Waals surface area contributed by atoms with E-state index in [9.17, 15) is 9.59 Å². The number of hydrogen-bond acceptors (Lipinski definition) is 7. The van der Waals surface area contributed by atoms with Crippen molar-refractivity contribution in [3.63, 3.8) is 0 Å². The van der Waals surface area contributed by atoms with E-state index in [0.29, 0.717) is 50.5 Å². The molecule has 27 heavy (non-hydrogen) atoms. The van der Waals surface area contributed by atoms with Gasteiger partial charge in [0.1, 0.15) is 5.76 Å². The second kappa shape index (κ2) is 8.32. The first kappa shape index (κ1) is 19.1. The van der Waals surface area contributed by atoms with E-state index in [1.165, 1.54) is 0 Å². The van der Waals surface area contributed by atoms with Gasteiger partial charge in [0, 0.05) is 31.0 Å². The molecule has 1 aliphatic rings. The molecule has 2 aromatic rings. The molecule has 2 aromatic heterocycles. The van der Waals surface area contributed by atoms with Crippen molar-refractivity contribution in [2.75, 3.05) is 13.1 Å². The smallest absolute Gasteiger partial charge is 0.246 e. The van der Waals surface area contributed by atoms with Gasteiger partial charge in [0.25, 0.3) is 0 Å². The fourth-order valence-corrected chi connectivity index (χ4v) is 3.36. The normalized spacial score (nSPS) is 15.1. The quantitative estimate of drug-likeness (QED) is 0.813. The predicted molar refractivity (Wildman–Crippen MR) is 94.5 cm³/mol. The second-order valence-corrected chi connectivity index (χ2v) is 6.91. The Morgan fingerprint density at radius 2 is 1.89 bits per heavy atom. The zero-order valence-electron chi connectivity index (χ0n) is 15.9. The number of amides is 2. The molecule has 1 N–H and O–H groups in total. The van der Waals surface area contributed by atoms with Crippen molar-refractivity contribution in [2.24, 2.45) is 5.92 Å². The van der Waals surface area contributed by atoms with Crippen LogP contribution in [0.15, 0.2) is 9.05 Å². The fourth-order valence-electron chi connectivity index (χ4n) is 3.36. The van der Waals surface area contributed by atoms with Gasteiger partial charge >= 0.3 is 0 Å². The van der Waals surface area contributed by atoms with Crippen LogP contribution in [0.3, 0.4) is 0 Å². The van der Waals surface area contributed by atoms with Crippen LogP contribution in [0.1, 0.15) is 48.0 Å². The predicted octanol–water partition coefficient (Wildman–Crippen LogP) is 1.47. The summed E-state index contributed by atoms with van der Waals surface area (Å²) in [6.07, 6.45) is 2.37. The van der Waals surface area contributed by atoms with Gasteiger partial charge in [0.15, 0.2) is 5.82 Å². The maximum Gasteiger partial charge on any atom is 0.246 e. The molecule has 2 amide bonds. The van der Waals surface area contributed by atoms with E-state index in [4.69, 9.17) is 9.05 Å². The third-order valence-electron chi connectivity index (χ3n) is 4.97. The molecule has 1 saturated heterocycles. The Kier molecular flexibility index (Phi) is 5.88. The van der Waals surface area contributed by atoms with Crippen LogP contribution in [-0.2, 0) is 22.6 Å². The highest BCUT2D eigenvalue weighted by Gasteiger charge is 2.27. The van der Waals surface area contributed by atoms with E-state index < -0.39 is 0 Å². The highest BCUT2D eigenvalue weighted by molar-refractivity contribution is 5.80. The number of likely N-dealkylation sites (tertiary alicyclic amines) is 1. The summed E-state index contributed by atoms with van der Waals surface area (Å²) in [4.78, 5) is 30.6. The van der Waals surface area contributed by atoms with Crippen LogP contribution < -0.4 is 5.32 Å². The number of hydrogen-bond donors (Lipinski definition) is 1. The average Bonchev–Trinajstić information content (AvgIpc) is 3.23. The molecule has 0 unspecified atom stereocenters. The van der Waals surface area contributed by atoms with Gasteiger partial charge in [-0.15, -0.1) is 0 Å². The molecule has 0 radical (unpaired) electrons. The number of aromatic nitrogens is 3. The molecule has 3 rings (SSSR count). The summed E-state index contributed by atoms with van der Waals surface area (Å²) >= 11 is 0. The Balaban J connectivity index is 1.41. The van der Waals surface area contributed by atoms with E-state index in [1.54, 1.807) is 6.92 Å². The van der Waals surface area contributed by atoms with Gasteiger partial charge in [-0.3, -0.25) is 9.59 Å². The minimum atomic E-state index is -0.0966. The highest BCUT2D eigenvalue weighted by Crippen LogP contribution is 2.20. The Morgan fingerprint density at radius 1 is 1.15 bits per heavy atom. The first-order chi connectivity index (χ1) is 12.9. The molecule has 0 aromatic carbocycles. The topological polar surface area (TPSA) is 114 Å². The van der Waals surface area contributed by atoms with Crippen molar-refractivity contribution in [3.05, 3.63) is 28.7 Å². The van der Waals surface area contributed by atoms with Gasteiger partial charge in [0.2, 0.25) is 17.7 Å². The fraction of sp³-hybridized carbons (Fsp3) is 0.611.